The molecule has 1 saturated heterocycles. The van der Waals surface area contributed by atoms with Crippen LogP contribution < -0.4 is 10.1 Å². The molecule has 0 aliphatic carbocycles. The summed E-state index contributed by atoms with van der Waals surface area (Å²) in [6.07, 6.45) is 2.24. The van der Waals surface area contributed by atoms with Gasteiger partial charge in [0.1, 0.15) is 11.6 Å². The Balaban J connectivity index is 1.68. The molecule has 0 radical (unpaired) electrons. The molecule has 0 amide bonds. The summed E-state index contributed by atoms with van der Waals surface area (Å²) in [6.45, 7) is -0.852. The van der Waals surface area contributed by atoms with Crippen LogP contribution in [0.15, 0.2) is 29.4 Å². The number of hydrogen-bond acceptors (Lipinski definition) is 5. The highest BCUT2D eigenvalue weighted by atomic mass is 32.2. The molecule has 0 unspecified atom stereocenters. The molecule has 0 bridgehead atoms. The van der Waals surface area contributed by atoms with E-state index in [1.54, 1.807) is 18.2 Å². The van der Waals surface area contributed by atoms with E-state index < -0.39 is 6.61 Å². The van der Waals surface area contributed by atoms with E-state index in [4.69, 9.17) is 0 Å². The summed E-state index contributed by atoms with van der Waals surface area (Å²) >= 11 is 1.47. The van der Waals surface area contributed by atoms with Crippen LogP contribution in [0.3, 0.4) is 0 Å². The fourth-order valence-corrected chi connectivity index (χ4v) is 3.76. The second-order valence-corrected chi connectivity index (χ2v) is 6.66. The van der Waals surface area contributed by atoms with Gasteiger partial charge in [0.05, 0.1) is 0 Å². The fraction of sp³-hybridized carbons (Fsp3) is 0.500. The first kappa shape index (κ1) is 17.2. The highest BCUT2D eigenvalue weighted by Crippen LogP contribution is 2.30. The van der Waals surface area contributed by atoms with Gasteiger partial charge in [-0.2, -0.15) is 8.78 Å². The predicted octanol–water partition coefficient (Wildman–Crippen LogP) is 3.18. The number of piperidine rings is 1. The number of aromatic nitrogens is 3. The molecular formula is C16H20F2N4OS. The summed E-state index contributed by atoms with van der Waals surface area (Å²) in [6, 6.07) is 6.83. The van der Waals surface area contributed by atoms with E-state index in [0.717, 1.165) is 36.9 Å². The number of alkyl halides is 2. The van der Waals surface area contributed by atoms with Crippen molar-refractivity contribution in [2.75, 3.05) is 13.1 Å². The maximum absolute atomic E-state index is 12.5. The van der Waals surface area contributed by atoms with Gasteiger partial charge >= 0.3 is 6.61 Å². The van der Waals surface area contributed by atoms with Crippen molar-refractivity contribution in [3.63, 3.8) is 0 Å². The Labute approximate surface area is 143 Å². The summed E-state index contributed by atoms with van der Waals surface area (Å²) in [5.74, 6) is 2.05. The summed E-state index contributed by atoms with van der Waals surface area (Å²) < 4.78 is 31.5. The lowest BCUT2D eigenvalue weighted by molar-refractivity contribution is -0.0503. The number of nitrogens with zero attached hydrogens (tertiary/aromatic N) is 3. The second kappa shape index (κ2) is 7.94. The zero-order chi connectivity index (χ0) is 16.9. The Morgan fingerprint density at radius 1 is 1.38 bits per heavy atom. The van der Waals surface area contributed by atoms with Crippen LogP contribution in [0, 0.1) is 0 Å². The average Bonchev–Trinajstić information content (AvgIpc) is 2.95. The Morgan fingerprint density at radius 3 is 2.96 bits per heavy atom. The normalized spacial score (nSPS) is 18.1. The van der Waals surface area contributed by atoms with Crippen molar-refractivity contribution in [3.8, 4) is 5.75 Å². The molecule has 1 aliphatic rings. The molecule has 2 aromatic rings. The molecule has 1 aromatic carbocycles. The van der Waals surface area contributed by atoms with Crippen LogP contribution in [-0.2, 0) is 12.8 Å². The molecule has 130 valence electrons. The van der Waals surface area contributed by atoms with Gasteiger partial charge in [-0.05, 0) is 25.5 Å². The summed E-state index contributed by atoms with van der Waals surface area (Å²) in [5.41, 5.74) is 0.715. The van der Waals surface area contributed by atoms with E-state index in [1.807, 2.05) is 17.7 Å². The maximum atomic E-state index is 12.5. The zero-order valence-electron chi connectivity index (χ0n) is 13.4. The number of ether oxygens (including phenoxy) is 1. The molecule has 2 heterocycles. The quantitative estimate of drug-likeness (QED) is 0.808. The molecule has 1 atom stereocenters. The van der Waals surface area contributed by atoms with Crippen molar-refractivity contribution in [2.45, 2.75) is 36.3 Å². The van der Waals surface area contributed by atoms with Crippen molar-refractivity contribution < 1.29 is 13.5 Å². The lowest BCUT2D eigenvalue weighted by atomic mass is 9.99. The first-order valence-electron chi connectivity index (χ1n) is 7.90. The highest BCUT2D eigenvalue weighted by molar-refractivity contribution is 7.98. The van der Waals surface area contributed by atoms with E-state index in [0.29, 0.717) is 17.2 Å². The van der Waals surface area contributed by atoms with Crippen LogP contribution in [0.1, 0.15) is 30.1 Å². The number of hydrogen-bond donors (Lipinski definition) is 1. The van der Waals surface area contributed by atoms with Gasteiger partial charge in [-0.15, -0.1) is 10.2 Å². The number of para-hydroxylation sites is 1. The number of benzene rings is 1. The number of halogens is 2. The molecule has 24 heavy (non-hydrogen) atoms. The third kappa shape index (κ3) is 4.05. The molecular weight excluding hydrogens is 334 g/mol. The Hall–Kier alpha value is -1.67. The SMILES string of the molecule is Cn1c(SCc2ccccc2OC(F)F)nnc1[C@@H]1CCCNC1. The van der Waals surface area contributed by atoms with E-state index in [9.17, 15) is 8.78 Å². The van der Waals surface area contributed by atoms with Crippen LogP contribution in [-0.4, -0.2) is 34.5 Å². The summed E-state index contributed by atoms with van der Waals surface area (Å²) in [7, 11) is 1.95. The minimum atomic E-state index is -2.82. The van der Waals surface area contributed by atoms with E-state index in [1.165, 1.54) is 11.8 Å². The van der Waals surface area contributed by atoms with Crippen LogP contribution in [0.25, 0.3) is 0 Å². The topological polar surface area (TPSA) is 52.0 Å². The third-order valence-electron chi connectivity index (χ3n) is 4.08. The first-order valence-corrected chi connectivity index (χ1v) is 8.89. The molecule has 1 aliphatic heterocycles. The third-order valence-corrected chi connectivity index (χ3v) is 5.15. The van der Waals surface area contributed by atoms with Crippen molar-refractivity contribution in [1.29, 1.82) is 0 Å². The predicted molar refractivity (Wildman–Crippen MR) is 88.5 cm³/mol. The lowest BCUT2D eigenvalue weighted by Gasteiger charge is -2.21. The number of rotatable bonds is 6. The van der Waals surface area contributed by atoms with E-state index in [2.05, 4.69) is 20.3 Å². The average molecular weight is 354 g/mol. The largest absolute Gasteiger partial charge is 0.435 e. The van der Waals surface area contributed by atoms with Gasteiger partial charge in [0.2, 0.25) is 0 Å². The minimum Gasteiger partial charge on any atom is -0.435 e. The second-order valence-electron chi connectivity index (χ2n) is 5.72. The van der Waals surface area contributed by atoms with E-state index >= 15 is 0 Å². The number of thioether (sulfide) groups is 1. The van der Waals surface area contributed by atoms with Crippen molar-refractivity contribution in [3.05, 3.63) is 35.7 Å². The van der Waals surface area contributed by atoms with Gasteiger partial charge in [0.25, 0.3) is 0 Å². The van der Waals surface area contributed by atoms with Crippen molar-refractivity contribution in [1.82, 2.24) is 20.1 Å². The highest BCUT2D eigenvalue weighted by Gasteiger charge is 2.22. The first-order chi connectivity index (χ1) is 11.6. The van der Waals surface area contributed by atoms with Gasteiger partial charge in [-0.3, -0.25) is 0 Å². The molecule has 1 fully saturated rings. The van der Waals surface area contributed by atoms with Crippen LogP contribution in [0.5, 0.6) is 5.75 Å². The fourth-order valence-electron chi connectivity index (χ4n) is 2.86. The van der Waals surface area contributed by atoms with Crippen LogP contribution in [0.4, 0.5) is 8.78 Å². The van der Waals surface area contributed by atoms with Crippen molar-refractivity contribution >= 4 is 11.8 Å². The molecule has 0 spiro atoms. The molecule has 3 rings (SSSR count). The Morgan fingerprint density at radius 2 is 2.21 bits per heavy atom. The van der Waals surface area contributed by atoms with Crippen molar-refractivity contribution in [2.24, 2.45) is 7.05 Å². The Bertz CT molecular complexity index is 674. The Kier molecular flexibility index (Phi) is 5.68. The zero-order valence-corrected chi connectivity index (χ0v) is 14.2. The molecule has 0 saturated carbocycles. The van der Waals surface area contributed by atoms with Crippen LogP contribution >= 0.6 is 11.8 Å². The van der Waals surface area contributed by atoms with E-state index in [-0.39, 0.29) is 5.75 Å². The molecule has 1 aromatic heterocycles. The summed E-state index contributed by atoms with van der Waals surface area (Å²) in [4.78, 5) is 0. The van der Waals surface area contributed by atoms with Gasteiger partial charge in [0, 0.05) is 30.8 Å². The number of nitrogens with one attached hydrogen (secondary N) is 1. The summed E-state index contributed by atoms with van der Waals surface area (Å²) in [5, 5.41) is 12.7. The minimum absolute atomic E-state index is 0.207. The standard InChI is InChI=1S/C16H20F2N4OS/c1-22-14(11-6-4-8-19-9-11)20-21-16(22)24-10-12-5-2-3-7-13(12)23-15(17)18/h2-3,5,7,11,15,19H,4,6,8-10H2,1H3/t11-/m1/s1. The van der Waals surface area contributed by atoms with Gasteiger partial charge in [-0.1, -0.05) is 30.0 Å². The van der Waals surface area contributed by atoms with Crippen LogP contribution in [0.2, 0.25) is 0 Å². The molecule has 5 nitrogen and oxygen atoms in total. The molecule has 8 heteroatoms. The maximum Gasteiger partial charge on any atom is 0.387 e. The van der Waals surface area contributed by atoms with Gasteiger partial charge < -0.3 is 14.6 Å². The lowest BCUT2D eigenvalue weighted by Crippen LogP contribution is -2.29. The molecule has 1 N–H and O–H groups in total. The van der Waals surface area contributed by atoms with Gasteiger partial charge in [-0.25, -0.2) is 0 Å². The van der Waals surface area contributed by atoms with Gasteiger partial charge in [0.15, 0.2) is 5.16 Å². The smallest absolute Gasteiger partial charge is 0.387 e. The monoisotopic (exact) mass is 354 g/mol.